The fourth-order valence-electron chi connectivity index (χ4n) is 2.76. The molecule has 9 nitrogen and oxygen atoms in total. The highest BCUT2D eigenvalue weighted by Crippen LogP contribution is 2.36. The minimum absolute atomic E-state index is 0.121. The minimum atomic E-state index is -1.04. The number of amides is 3. The molecule has 0 saturated heterocycles. The van der Waals surface area contributed by atoms with Crippen LogP contribution in [0.1, 0.15) is 5.56 Å². The van der Waals surface area contributed by atoms with E-state index in [1.807, 2.05) is 0 Å². The Bertz CT molecular complexity index is 1280. The van der Waals surface area contributed by atoms with Crippen molar-refractivity contribution in [1.82, 2.24) is 5.43 Å². The number of hydrogen-bond acceptors (Lipinski definition) is 6. The van der Waals surface area contributed by atoms with Crippen LogP contribution in [0.15, 0.2) is 65.8 Å². The van der Waals surface area contributed by atoms with Crippen LogP contribution in [-0.2, 0) is 14.4 Å². The van der Waals surface area contributed by atoms with Crippen molar-refractivity contribution in [2.45, 2.75) is 0 Å². The number of anilines is 2. The predicted molar refractivity (Wildman–Crippen MR) is 134 cm³/mol. The number of ether oxygens (including phenoxy) is 2. The third-order valence-corrected chi connectivity index (χ3v) is 4.95. The van der Waals surface area contributed by atoms with Crippen molar-refractivity contribution in [3.05, 3.63) is 82.1 Å². The van der Waals surface area contributed by atoms with Crippen LogP contribution in [0.4, 0.5) is 15.8 Å². The molecule has 0 atom stereocenters. The summed E-state index contributed by atoms with van der Waals surface area (Å²) in [5, 5.41) is 9.34. The SMILES string of the molecule is COc1cc(/C=N\NC(=O)C(=O)Nc2ccc(F)cc2)cc(Cl)c1OCC(=O)Nc1ccc(Cl)cc1. The average molecular weight is 533 g/mol. The lowest BCUT2D eigenvalue weighted by molar-refractivity contribution is -0.136. The Labute approximate surface area is 215 Å². The van der Waals surface area contributed by atoms with Gasteiger partial charge < -0.3 is 20.1 Å². The van der Waals surface area contributed by atoms with E-state index >= 15 is 0 Å². The largest absolute Gasteiger partial charge is 0.493 e. The fraction of sp³-hybridized carbons (Fsp3) is 0.0833. The van der Waals surface area contributed by atoms with Gasteiger partial charge in [-0.2, -0.15) is 5.10 Å². The number of benzene rings is 3. The number of nitrogens with zero attached hydrogens (tertiary/aromatic N) is 1. The number of carbonyl (C=O) groups is 3. The lowest BCUT2D eigenvalue weighted by atomic mass is 10.2. The van der Waals surface area contributed by atoms with E-state index in [0.717, 1.165) is 12.1 Å². The summed E-state index contributed by atoms with van der Waals surface area (Å²) in [7, 11) is 1.38. The summed E-state index contributed by atoms with van der Waals surface area (Å²) in [6.45, 7) is -0.342. The monoisotopic (exact) mass is 532 g/mol. The molecule has 3 aromatic carbocycles. The van der Waals surface area contributed by atoms with Gasteiger partial charge >= 0.3 is 11.8 Å². The molecule has 12 heteroatoms. The standard InChI is InChI=1S/C24H19Cl2FN4O5/c1-35-20-11-14(12-28-31-24(34)23(33)30-18-8-4-16(27)5-9-18)10-19(26)22(20)36-13-21(32)29-17-6-2-15(25)3-7-17/h2-12H,13H2,1H3,(H,29,32)(H,30,33)(H,31,34)/b28-12-. The molecule has 186 valence electrons. The van der Waals surface area contributed by atoms with Crippen LogP contribution in [0.2, 0.25) is 10.0 Å². The molecule has 0 saturated carbocycles. The maximum atomic E-state index is 12.9. The van der Waals surface area contributed by atoms with E-state index in [1.54, 1.807) is 24.3 Å². The number of halogens is 3. The zero-order valence-corrected chi connectivity index (χ0v) is 20.2. The Kier molecular flexibility index (Phi) is 9.20. The van der Waals surface area contributed by atoms with Crippen LogP contribution in [0.3, 0.4) is 0 Å². The molecule has 3 aromatic rings. The summed E-state index contributed by atoms with van der Waals surface area (Å²) in [4.78, 5) is 36.0. The Morgan fingerprint density at radius 2 is 1.58 bits per heavy atom. The molecule has 0 unspecified atom stereocenters. The van der Waals surface area contributed by atoms with Crippen LogP contribution < -0.4 is 25.5 Å². The highest BCUT2D eigenvalue weighted by Gasteiger charge is 2.15. The summed E-state index contributed by atoms with van der Waals surface area (Å²) < 4.78 is 23.7. The number of methoxy groups -OCH3 is 1. The van der Waals surface area contributed by atoms with Gasteiger partial charge in [-0.15, -0.1) is 0 Å². The van der Waals surface area contributed by atoms with Gasteiger partial charge in [0.05, 0.1) is 18.3 Å². The lowest BCUT2D eigenvalue weighted by Crippen LogP contribution is -2.32. The van der Waals surface area contributed by atoms with Gasteiger partial charge in [0.1, 0.15) is 5.82 Å². The van der Waals surface area contributed by atoms with Gasteiger partial charge in [0.25, 0.3) is 5.91 Å². The molecular weight excluding hydrogens is 514 g/mol. The number of carbonyl (C=O) groups excluding carboxylic acids is 3. The molecule has 3 N–H and O–H groups in total. The van der Waals surface area contributed by atoms with Crippen molar-refractivity contribution in [3.8, 4) is 11.5 Å². The zero-order chi connectivity index (χ0) is 26.1. The van der Waals surface area contributed by atoms with Crippen molar-refractivity contribution >= 4 is 58.5 Å². The van der Waals surface area contributed by atoms with E-state index in [-0.39, 0.29) is 28.8 Å². The van der Waals surface area contributed by atoms with Crippen LogP contribution in [-0.4, -0.2) is 37.7 Å². The van der Waals surface area contributed by atoms with E-state index in [9.17, 15) is 18.8 Å². The van der Waals surface area contributed by atoms with Crippen LogP contribution in [0.25, 0.3) is 0 Å². The summed E-state index contributed by atoms with van der Waals surface area (Å²) in [6, 6.07) is 14.4. The topological polar surface area (TPSA) is 118 Å². The molecule has 0 heterocycles. The number of hydrogen-bond donors (Lipinski definition) is 3. The van der Waals surface area contributed by atoms with Crippen molar-refractivity contribution in [3.63, 3.8) is 0 Å². The van der Waals surface area contributed by atoms with E-state index in [4.69, 9.17) is 32.7 Å². The molecule has 0 aliphatic rings. The first-order valence-electron chi connectivity index (χ1n) is 10.2. The van der Waals surface area contributed by atoms with Gasteiger partial charge in [-0.1, -0.05) is 23.2 Å². The van der Waals surface area contributed by atoms with Gasteiger partial charge in [-0.05, 0) is 66.2 Å². The number of hydrazone groups is 1. The molecule has 0 aliphatic carbocycles. The summed E-state index contributed by atoms with van der Waals surface area (Å²) in [6.07, 6.45) is 1.23. The molecule has 36 heavy (non-hydrogen) atoms. The van der Waals surface area contributed by atoms with E-state index in [2.05, 4.69) is 21.2 Å². The molecule has 0 bridgehead atoms. The normalized spacial score (nSPS) is 10.6. The first-order chi connectivity index (χ1) is 17.2. The highest BCUT2D eigenvalue weighted by molar-refractivity contribution is 6.39. The van der Waals surface area contributed by atoms with Crippen molar-refractivity contribution < 1.29 is 28.2 Å². The quantitative estimate of drug-likeness (QED) is 0.227. The Balaban J connectivity index is 1.57. The van der Waals surface area contributed by atoms with E-state index in [1.165, 1.54) is 37.6 Å². The summed E-state index contributed by atoms with van der Waals surface area (Å²) in [5.74, 6) is -2.60. The van der Waals surface area contributed by atoms with Crippen LogP contribution >= 0.6 is 23.2 Å². The fourth-order valence-corrected chi connectivity index (χ4v) is 3.16. The molecule has 0 spiro atoms. The van der Waals surface area contributed by atoms with Crippen molar-refractivity contribution in [1.29, 1.82) is 0 Å². The van der Waals surface area contributed by atoms with Crippen LogP contribution in [0.5, 0.6) is 11.5 Å². The first kappa shape index (κ1) is 26.5. The molecule has 0 radical (unpaired) electrons. The molecule has 3 rings (SSSR count). The summed E-state index contributed by atoms with van der Waals surface area (Å²) in [5.41, 5.74) is 3.27. The zero-order valence-electron chi connectivity index (χ0n) is 18.7. The molecule has 0 fully saturated rings. The van der Waals surface area contributed by atoms with Gasteiger partial charge in [-0.25, -0.2) is 9.82 Å². The second-order valence-electron chi connectivity index (χ2n) is 7.04. The first-order valence-corrected chi connectivity index (χ1v) is 11.0. The van der Waals surface area contributed by atoms with Crippen molar-refractivity contribution in [2.75, 3.05) is 24.4 Å². The average Bonchev–Trinajstić information content (AvgIpc) is 2.85. The van der Waals surface area contributed by atoms with Gasteiger partial charge in [0.2, 0.25) is 0 Å². The Morgan fingerprint density at radius 1 is 0.944 bits per heavy atom. The number of rotatable bonds is 8. The van der Waals surface area contributed by atoms with Crippen LogP contribution in [0, 0.1) is 5.82 Å². The maximum Gasteiger partial charge on any atom is 0.329 e. The second kappa shape index (κ2) is 12.5. The molecule has 0 aliphatic heterocycles. The second-order valence-corrected chi connectivity index (χ2v) is 7.88. The molecule has 0 aromatic heterocycles. The molecular formula is C24H19Cl2FN4O5. The highest BCUT2D eigenvalue weighted by atomic mass is 35.5. The third kappa shape index (κ3) is 7.69. The van der Waals surface area contributed by atoms with Gasteiger partial charge in [0.15, 0.2) is 18.1 Å². The number of nitrogens with one attached hydrogen (secondary N) is 3. The smallest absolute Gasteiger partial charge is 0.329 e. The molecule has 3 amide bonds. The van der Waals surface area contributed by atoms with E-state index in [0.29, 0.717) is 16.3 Å². The Hall–Kier alpha value is -4.15. The van der Waals surface area contributed by atoms with E-state index < -0.39 is 23.5 Å². The van der Waals surface area contributed by atoms with Gasteiger partial charge in [-0.3, -0.25) is 14.4 Å². The third-order valence-electron chi connectivity index (χ3n) is 4.42. The Morgan fingerprint density at radius 3 is 2.25 bits per heavy atom. The lowest BCUT2D eigenvalue weighted by Gasteiger charge is -2.13. The minimum Gasteiger partial charge on any atom is -0.493 e. The van der Waals surface area contributed by atoms with Gasteiger partial charge in [0, 0.05) is 16.4 Å². The maximum absolute atomic E-state index is 12.9. The summed E-state index contributed by atoms with van der Waals surface area (Å²) >= 11 is 12.1. The van der Waals surface area contributed by atoms with Crippen molar-refractivity contribution in [2.24, 2.45) is 5.10 Å². The predicted octanol–water partition coefficient (Wildman–Crippen LogP) is 4.25.